The molecule has 6 heteroatoms. The van der Waals surface area contributed by atoms with Gasteiger partial charge in [0.1, 0.15) is 11.4 Å². The highest BCUT2D eigenvalue weighted by atomic mass is 32.1. The van der Waals surface area contributed by atoms with Gasteiger partial charge in [-0.3, -0.25) is 0 Å². The molecule has 1 heterocycles. The van der Waals surface area contributed by atoms with E-state index in [0.29, 0.717) is 10.7 Å². The summed E-state index contributed by atoms with van der Waals surface area (Å²) in [5.41, 5.74) is 4.22. The third kappa shape index (κ3) is 4.44. The van der Waals surface area contributed by atoms with Crippen molar-refractivity contribution in [2.75, 3.05) is 12.4 Å². The van der Waals surface area contributed by atoms with Crippen molar-refractivity contribution < 1.29 is 14.3 Å². The number of ether oxygens (including phenoxy) is 2. The summed E-state index contributed by atoms with van der Waals surface area (Å²) in [6.45, 7) is 8.17. The van der Waals surface area contributed by atoms with E-state index in [2.05, 4.69) is 43.5 Å². The van der Waals surface area contributed by atoms with Crippen molar-refractivity contribution in [3.8, 4) is 5.75 Å². The van der Waals surface area contributed by atoms with Gasteiger partial charge in [-0.1, -0.05) is 23.8 Å². The summed E-state index contributed by atoms with van der Waals surface area (Å²) in [4.78, 5) is 11.8. The fraction of sp³-hybridized carbons (Fsp3) is 0.364. The summed E-state index contributed by atoms with van der Waals surface area (Å²) in [5, 5.41) is 7.14. The largest absolute Gasteiger partial charge is 0.487 e. The van der Waals surface area contributed by atoms with E-state index in [1.54, 1.807) is 12.1 Å². The summed E-state index contributed by atoms with van der Waals surface area (Å²) < 4.78 is 10.9. The maximum atomic E-state index is 11.8. The van der Waals surface area contributed by atoms with E-state index >= 15 is 0 Å². The summed E-state index contributed by atoms with van der Waals surface area (Å²) in [5.74, 6) is 0.503. The molecular formula is C22H26N2O3S. The van der Waals surface area contributed by atoms with Gasteiger partial charge in [-0.2, -0.15) is 0 Å². The van der Waals surface area contributed by atoms with Crippen molar-refractivity contribution in [3.63, 3.8) is 0 Å². The van der Waals surface area contributed by atoms with Crippen LogP contribution in [0, 0.1) is 13.8 Å². The van der Waals surface area contributed by atoms with Crippen LogP contribution in [-0.4, -0.2) is 23.8 Å². The molecule has 1 aliphatic heterocycles. The second kappa shape index (κ2) is 7.80. The molecule has 5 nitrogen and oxygen atoms in total. The van der Waals surface area contributed by atoms with Gasteiger partial charge < -0.3 is 20.1 Å². The summed E-state index contributed by atoms with van der Waals surface area (Å²) >= 11 is 5.57. The third-order valence-electron chi connectivity index (χ3n) is 4.83. The SMILES string of the molecule is COC(=O)c1ccc(C)c(NC(=S)NC2CC(C)(C)Oc3ccc(C)cc32)c1. The number of carbonyl (C=O) groups excluding carboxylic acids is 1. The van der Waals surface area contributed by atoms with Crippen LogP contribution in [0.5, 0.6) is 5.75 Å². The van der Waals surface area contributed by atoms with Crippen molar-refractivity contribution in [2.24, 2.45) is 0 Å². The smallest absolute Gasteiger partial charge is 0.337 e. The Hall–Kier alpha value is -2.60. The minimum absolute atomic E-state index is 0.0303. The summed E-state index contributed by atoms with van der Waals surface area (Å²) in [6, 6.07) is 11.6. The standard InChI is InChI=1S/C22H26N2O3S/c1-13-6-9-19-16(10-13)18(12-22(3,4)27-19)24-21(28)23-17-11-15(20(25)26-5)8-7-14(17)2/h6-11,18H,12H2,1-5H3,(H2,23,24,28). The van der Waals surface area contributed by atoms with Gasteiger partial charge in [0.2, 0.25) is 0 Å². The molecule has 0 fully saturated rings. The fourth-order valence-corrected chi connectivity index (χ4v) is 3.67. The topological polar surface area (TPSA) is 59.6 Å². The zero-order chi connectivity index (χ0) is 20.5. The van der Waals surface area contributed by atoms with E-state index in [1.807, 2.05) is 19.1 Å². The predicted octanol–water partition coefficient (Wildman–Crippen LogP) is 4.68. The van der Waals surface area contributed by atoms with Crippen molar-refractivity contribution in [2.45, 2.75) is 45.8 Å². The van der Waals surface area contributed by atoms with Crippen LogP contribution in [0.3, 0.4) is 0 Å². The van der Waals surface area contributed by atoms with Crippen LogP contribution >= 0.6 is 12.2 Å². The van der Waals surface area contributed by atoms with E-state index in [0.717, 1.165) is 29.0 Å². The normalized spacial score (nSPS) is 17.1. The minimum Gasteiger partial charge on any atom is -0.487 e. The maximum Gasteiger partial charge on any atom is 0.337 e. The number of carbonyl (C=O) groups is 1. The Morgan fingerprint density at radius 1 is 1.21 bits per heavy atom. The van der Waals surface area contributed by atoms with Crippen LogP contribution in [0.1, 0.15) is 53.4 Å². The zero-order valence-corrected chi connectivity index (χ0v) is 17.7. The van der Waals surface area contributed by atoms with Gasteiger partial charge in [-0.15, -0.1) is 0 Å². The van der Waals surface area contributed by atoms with Crippen LogP contribution in [0.4, 0.5) is 5.69 Å². The number of fused-ring (bicyclic) bond motifs is 1. The maximum absolute atomic E-state index is 11.8. The molecule has 0 aromatic heterocycles. The first-order chi connectivity index (χ1) is 13.2. The second-order valence-electron chi connectivity index (χ2n) is 7.78. The van der Waals surface area contributed by atoms with E-state index in [4.69, 9.17) is 21.7 Å². The summed E-state index contributed by atoms with van der Waals surface area (Å²) in [7, 11) is 1.37. The number of thiocarbonyl (C=S) groups is 1. The molecule has 0 radical (unpaired) electrons. The predicted molar refractivity (Wildman–Crippen MR) is 115 cm³/mol. The lowest BCUT2D eigenvalue weighted by Crippen LogP contribution is -2.42. The number of methoxy groups -OCH3 is 1. The first-order valence-corrected chi connectivity index (χ1v) is 9.65. The lowest BCUT2D eigenvalue weighted by molar-refractivity contribution is 0.0600. The molecule has 0 bridgehead atoms. The molecule has 2 aromatic carbocycles. The Morgan fingerprint density at radius 3 is 2.68 bits per heavy atom. The molecule has 1 atom stereocenters. The number of aryl methyl sites for hydroxylation is 2. The molecule has 0 saturated heterocycles. The fourth-order valence-electron chi connectivity index (χ4n) is 3.42. The van der Waals surface area contributed by atoms with Crippen LogP contribution in [0.2, 0.25) is 0 Å². The molecule has 0 aliphatic carbocycles. The Labute approximate surface area is 171 Å². The van der Waals surface area contributed by atoms with Gasteiger partial charge in [0, 0.05) is 17.7 Å². The number of nitrogens with one attached hydrogen (secondary N) is 2. The summed E-state index contributed by atoms with van der Waals surface area (Å²) in [6.07, 6.45) is 0.784. The van der Waals surface area contributed by atoms with Crippen LogP contribution in [-0.2, 0) is 4.74 Å². The molecule has 0 spiro atoms. The second-order valence-corrected chi connectivity index (χ2v) is 8.19. The molecule has 2 N–H and O–H groups in total. The van der Waals surface area contributed by atoms with Gasteiger partial charge in [0.05, 0.1) is 18.7 Å². The molecular weight excluding hydrogens is 372 g/mol. The quantitative estimate of drug-likeness (QED) is 0.578. The number of hydrogen-bond donors (Lipinski definition) is 2. The van der Waals surface area contributed by atoms with E-state index in [-0.39, 0.29) is 17.6 Å². The zero-order valence-electron chi connectivity index (χ0n) is 16.9. The highest BCUT2D eigenvalue weighted by Gasteiger charge is 2.34. The van der Waals surface area contributed by atoms with Crippen LogP contribution in [0.25, 0.3) is 0 Å². The van der Waals surface area contributed by atoms with Gasteiger partial charge >= 0.3 is 5.97 Å². The lowest BCUT2D eigenvalue weighted by atomic mass is 9.89. The first-order valence-electron chi connectivity index (χ1n) is 9.24. The van der Waals surface area contributed by atoms with Crippen molar-refractivity contribution in [1.29, 1.82) is 0 Å². The van der Waals surface area contributed by atoms with Crippen molar-refractivity contribution in [3.05, 3.63) is 58.7 Å². The number of hydrogen-bond acceptors (Lipinski definition) is 4. The minimum atomic E-state index is -0.377. The molecule has 3 rings (SSSR count). The van der Waals surface area contributed by atoms with E-state index < -0.39 is 0 Å². The van der Waals surface area contributed by atoms with Gasteiger partial charge in [-0.25, -0.2) is 4.79 Å². The van der Waals surface area contributed by atoms with Crippen LogP contribution in [0.15, 0.2) is 36.4 Å². The Balaban J connectivity index is 1.80. The molecule has 0 saturated carbocycles. The molecule has 0 amide bonds. The Bertz CT molecular complexity index is 924. The highest BCUT2D eigenvalue weighted by molar-refractivity contribution is 7.80. The van der Waals surface area contributed by atoms with E-state index in [9.17, 15) is 4.79 Å². The van der Waals surface area contributed by atoms with E-state index in [1.165, 1.54) is 12.7 Å². The number of esters is 1. The van der Waals surface area contributed by atoms with Crippen LogP contribution < -0.4 is 15.4 Å². The van der Waals surface area contributed by atoms with Crippen molar-refractivity contribution in [1.82, 2.24) is 5.32 Å². The highest BCUT2D eigenvalue weighted by Crippen LogP contribution is 2.39. The molecule has 1 unspecified atom stereocenters. The molecule has 28 heavy (non-hydrogen) atoms. The Morgan fingerprint density at radius 2 is 1.96 bits per heavy atom. The average Bonchev–Trinajstić information content (AvgIpc) is 2.62. The molecule has 2 aromatic rings. The third-order valence-corrected chi connectivity index (χ3v) is 5.05. The lowest BCUT2D eigenvalue weighted by Gasteiger charge is -2.38. The number of benzene rings is 2. The van der Waals surface area contributed by atoms with Crippen molar-refractivity contribution >= 4 is 29.0 Å². The van der Waals surface area contributed by atoms with Gasteiger partial charge in [-0.05, 0) is 63.7 Å². The van der Waals surface area contributed by atoms with Gasteiger partial charge in [0.15, 0.2) is 5.11 Å². The molecule has 148 valence electrons. The Kier molecular flexibility index (Phi) is 5.61. The monoisotopic (exact) mass is 398 g/mol. The average molecular weight is 399 g/mol. The first kappa shape index (κ1) is 20.1. The number of anilines is 1. The van der Waals surface area contributed by atoms with Gasteiger partial charge in [0.25, 0.3) is 0 Å². The number of rotatable bonds is 3. The molecule has 1 aliphatic rings.